The van der Waals surface area contributed by atoms with E-state index in [-0.39, 0.29) is 33.4 Å². The molecule has 50 heavy (non-hydrogen) atoms. The molecular weight excluding hydrogens is 663 g/mol. The van der Waals surface area contributed by atoms with Gasteiger partial charge in [0.2, 0.25) is 0 Å². The van der Waals surface area contributed by atoms with Crippen molar-refractivity contribution >= 4 is 66.8 Å². The molecule has 7 heteroatoms. The molecule has 0 spiro atoms. The van der Waals surface area contributed by atoms with Crippen molar-refractivity contribution in [3.05, 3.63) is 152 Å². The maximum atomic E-state index is 14.8. The zero-order chi connectivity index (χ0) is 34.4. The number of rotatable bonds is 2. The molecule has 2 unspecified atom stereocenters. The maximum absolute atomic E-state index is 14.8. The lowest BCUT2D eigenvalue weighted by Crippen LogP contribution is -2.31. The molecule has 0 saturated heterocycles. The molecule has 0 fully saturated rings. The van der Waals surface area contributed by atoms with Crippen LogP contribution in [0.25, 0.3) is 66.6 Å². The summed E-state index contributed by atoms with van der Waals surface area (Å²) in [7, 11) is 0. The third-order valence-corrected chi connectivity index (χ3v) is 11.3. The number of benzene rings is 6. The van der Waals surface area contributed by atoms with E-state index in [1.165, 1.54) is 12.1 Å². The van der Waals surface area contributed by atoms with Gasteiger partial charge in [0, 0.05) is 20.5 Å². The first-order valence-corrected chi connectivity index (χ1v) is 17.1. The molecule has 0 aliphatic heterocycles. The highest BCUT2D eigenvalue weighted by molar-refractivity contribution is 7.17. The van der Waals surface area contributed by atoms with Crippen LogP contribution in [-0.2, 0) is 6.18 Å². The topological polar surface area (TPSA) is 0 Å². The van der Waals surface area contributed by atoms with Gasteiger partial charge in [0.1, 0.15) is 0 Å². The molecule has 2 aliphatic carbocycles. The summed E-state index contributed by atoms with van der Waals surface area (Å²) < 4.78 is 90.4. The summed E-state index contributed by atoms with van der Waals surface area (Å²) in [6.07, 6.45) is -2.17. The van der Waals surface area contributed by atoms with E-state index in [9.17, 15) is 26.3 Å². The van der Waals surface area contributed by atoms with Gasteiger partial charge in [-0.1, -0.05) is 127 Å². The average molecular weight is 689 g/mol. The molecular formula is C43H26F6S. The predicted molar refractivity (Wildman–Crippen MR) is 191 cm³/mol. The van der Waals surface area contributed by atoms with Crippen molar-refractivity contribution in [1.82, 2.24) is 0 Å². The summed E-state index contributed by atoms with van der Waals surface area (Å²) in [6, 6.07) is 32.9. The van der Waals surface area contributed by atoms with Crippen molar-refractivity contribution in [2.45, 2.75) is 24.7 Å². The van der Waals surface area contributed by atoms with Crippen LogP contribution in [0.15, 0.2) is 115 Å². The zero-order valence-electron chi connectivity index (χ0n) is 26.2. The molecule has 6 aromatic carbocycles. The van der Waals surface area contributed by atoms with Gasteiger partial charge in [-0.15, -0.1) is 11.3 Å². The largest absolute Gasteiger partial charge is 0.417 e. The molecule has 0 bridgehead atoms. The highest BCUT2D eigenvalue weighted by Crippen LogP contribution is 2.47. The molecule has 7 aromatic rings. The van der Waals surface area contributed by atoms with Crippen molar-refractivity contribution in [2.75, 3.05) is 0 Å². The van der Waals surface area contributed by atoms with Crippen molar-refractivity contribution in [2.24, 2.45) is 5.92 Å². The van der Waals surface area contributed by atoms with Gasteiger partial charge in [0.05, 0.1) is 11.1 Å². The number of thiophene rings is 1. The number of halogens is 6. The van der Waals surface area contributed by atoms with Crippen molar-refractivity contribution in [3.8, 4) is 11.1 Å². The van der Waals surface area contributed by atoms with Crippen LogP contribution in [0.1, 0.15) is 29.0 Å². The maximum Gasteiger partial charge on any atom is 0.417 e. The van der Waals surface area contributed by atoms with Gasteiger partial charge in [0.15, 0.2) is 0 Å². The first-order valence-electron chi connectivity index (χ1n) is 16.3. The van der Waals surface area contributed by atoms with E-state index in [4.69, 9.17) is 0 Å². The van der Waals surface area contributed by atoms with Crippen LogP contribution in [0, 0.1) is 5.92 Å². The van der Waals surface area contributed by atoms with Crippen LogP contribution in [-0.4, -0.2) is 6.18 Å². The Balaban J connectivity index is 1.32. The monoisotopic (exact) mass is 688 g/mol. The van der Waals surface area contributed by atoms with Gasteiger partial charge >= 0.3 is 12.4 Å². The van der Waals surface area contributed by atoms with Crippen LogP contribution in [0.3, 0.4) is 0 Å². The normalized spacial score (nSPS) is 17.4. The summed E-state index contributed by atoms with van der Waals surface area (Å²) in [4.78, 5) is 0. The first kappa shape index (κ1) is 30.9. The SMILES string of the molecule is FC(F)(F)C1=c2ccccc2=CC(C2C=c3c(sc4cccc(-c5c6ccccc6c(C(F)(F)F)c6ccccc56)c34)=CC2)c2ccccc21. The average Bonchev–Trinajstić information content (AvgIpc) is 3.39. The van der Waals surface area contributed by atoms with Crippen LogP contribution in [0.2, 0.25) is 0 Å². The van der Waals surface area contributed by atoms with E-state index >= 15 is 0 Å². The van der Waals surface area contributed by atoms with Gasteiger partial charge in [0.25, 0.3) is 0 Å². The Morgan fingerprint density at radius 1 is 0.580 bits per heavy atom. The second kappa shape index (κ2) is 11.2. The second-order valence-corrected chi connectivity index (χ2v) is 14.0. The first-order chi connectivity index (χ1) is 24.1. The molecule has 0 N–H and O–H groups in total. The van der Waals surface area contributed by atoms with E-state index in [2.05, 4.69) is 12.2 Å². The van der Waals surface area contributed by atoms with Gasteiger partial charge in [-0.2, -0.15) is 26.3 Å². The summed E-state index contributed by atoms with van der Waals surface area (Å²) in [6.45, 7) is 0. The summed E-state index contributed by atoms with van der Waals surface area (Å²) >= 11 is 1.63. The number of fused-ring (bicyclic) bond motifs is 7. The fourth-order valence-corrected chi connectivity index (χ4v) is 9.35. The summed E-state index contributed by atoms with van der Waals surface area (Å²) in [5.41, 5.74) is 1.08. The van der Waals surface area contributed by atoms with Crippen molar-refractivity contribution in [3.63, 3.8) is 0 Å². The molecule has 2 aliphatic rings. The molecule has 0 amide bonds. The molecule has 2 atom stereocenters. The van der Waals surface area contributed by atoms with Gasteiger partial charge in [-0.05, 0) is 77.9 Å². The Kier molecular flexibility index (Phi) is 6.91. The third-order valence-electron chi connectivity index (χ3n) is 10.1. The van der Waals surface area contributed by atoms with Crippen molar-refractivity contribution < 1.29 is 26.3 Å². The van der Waals surface area contributed by atoms with Gasteiger partial charge < -0.3 is 0 Å². The molecule has 0 radical (unpaired) electrons. The second-order valence-electron chi connectivity index (χ2n) is 12.9. The quantitative estimate of drug-likeness (QED) is 0.125. The molecule has 0 saturated carbocycles. The van der Waals surface area contributed by atoms with Gasteiger partial charge in [-0.3, -0.25) is 0 Å². The smallest absolute Gasteiger partial charge is 0.166 e. The number of hydrogen-bond donors (Lipinski definition) is 0. The Morgan fingerprint density at radius 3 is 1.90 bits per heavy atom. The molecule has 246 valence electrons. The molecule has 0 nitrogen and oxygen atoms in total. The fourth-order valence-electron chi connectivity index (χ4n) is 8.19. The lowest BCUT2D eigenvalue weighted by molar-refractivity contribution is -0.135. The fraction of sp³-hybridized carbons (Fsp3) is 0.116. The third kappa shape index (κ3) is 4.74. The van der Waals surface area contributed by atoms with Crippen LogP contribution in [0.5, 0.6) is 0 Å². The summed E-state index contributed by atoms with van der Waals surface area (Å²) in [5, 5.41) is 3.92. The van der Waals surface area contributed by atoms with Crippen LogP contribution < -0.4 is 20.2 Å². The zero-order valence-corrected chi connectivity index (χ0v) is 27.1. The Hall–Kier alpha value is -5.14. The Bertz CT molecular complexity index is 2730. The summed E-state index contributed by atoms with van der Waals surface area (Å²) in [5.74, 6) is -0.525. The van der Waals surface area contributed by atoms with E-state index in [0.29, 0.717) is 28.0 Å². The lowest BCUT2D eigenvalue weighted by atomic mass is 9.79. The Labute approximate surface area is 286 Å². The minimum absolute atomic E-state index is 0.142. The molecule has 1 heterocycles. The highest BCUT2D eigenvalue weighted by atomic mass is 32.1. The minimum Gasteiger partial charge on any atom is -0.166 e. The Morgan fingerprint density at radius 2 is 1.20 bits per heavy atom. The number of alkyl halides is 6. The van der Waals surface area contributed by atoms with E-state index in [1.54, 1.807) is 96.3 Å². The minimum atomic E-state index is -4.56. The van der Waals surface area contributed by atoms with E-state index in [1.807, 2.05) is 24.3 Å². The highest BCUT2D eigenvalue weighted by Gasteiger charge is 2.39. The lowest BCUT2D eigenvalue weighted by Gasteiger charge is -2.25. The predicted octanol–water partition coefficient (Wildman–Crippen LogP) is 9.81. The molecule has 1 aromatic heterocycles. The van der Waals surface area contributed by atoms with Crippen molar-refractivity contribution in [1.29, 1.82) is 0 Å². The van der Waals surface area contributed by atoms with E-state index in [0.717, 1.165) is 31.0 Å². The number of hydrogen-bond acceptors (Lipinski definition) is 1. The van der Waals surface area contributed by atoms with Crippen LogP contribution in [0.4, 0.5) is 26.3 Å². The van der Waals surface area contributed by atoms with Gasteiger partial charge in [-0.25, -0.2) is 0 Å². The standard InChI is InChI=1S/C43H26F6S/c44-42(45,46)40-26-11-2-1-10-24(26)22-34(27-12-3-6-15-30(27)40)25-20-21-36-35(23-25)39-33(18-9-19-37(39)50-36)38-28-13-4-7-16-31(28)41(43(47,48)49)32-17-8-5-14-29(32)38/h1-19,21-23,25,34H,20H2. The van der Waals surface area contributed by atoms with E-state index < -0.39 is 23.5 Å². The van der Waals surface area contributed by atoms with Crippen LogP contribution >= 0.6 is 11.3 Å². The molecule has 9 rings (SSSR count).